The number of nitrogens with zero attached hydrogens (tertiary/aromatic N) is 2. The van der Waals surface area contributed by atoms with Gasteiger partial charge in [0.25, 0.3) is 0 Å². The first-order chi connectivity index (χ1) is 8.58. The van der Waals surface area contributed by atoms with Gasteiger partial charge in [0.05, 0.1) is 0 Å². The van der Waals surface area contributed by atoms with Crippen molar-refractivity contribution in [2.24, 2.45) is 0 Å². The number of thiophene rings is 1. The molecule has 0 aliphatic carbocycles. The average molecular weight is 264 g/mol. The normalized spacial score (nSPS) is 10.1. The fourth-order valence-electron chi connectivity index (χ4n) is 1.29. The quantitative estimate of drug-likeness (QED) is 0.483. The lowest BCUT2D eigenvalue weighted by Gasteiger charge is -2.03. The van der Waals surface area contributed by atoms with Gasteiger partial charge in [0, 0.05) is 6.92 Å². The van der Waals surface area contributed by atoms with Crippen molar-refractivity contribution in [2.45, 2.75) is 6.92 Å². The minimum Gasteiger partial charge on any atom is -0.413 e. The molecule has 6 nitrogen and oxygen atoms in total. The van der Waals surface area contributed by atoms with Gasteiger partial charge >= 0.3 is 11.8 Å². The zero-order valence-corrected chi connectivity index (χ0v) is 10.1. The second-order valence-corrected chi connectivity index (χ2v) is 4.35. The van der Waals surface area contributed by atoms with E-state index >= 15 is 0 Å². The third-order valence-electron chi connectivity index (χ3n) is 2.08. The van der Waals surface area contributed by atoms with Crippen molar-refractivity contribution in [3.05, 3.63) is 50.3 Å². The largest absolute Gasteiger partial charge is 0.413 e. The smallest absolute Gasteiger partial charge is 0.407 e. The lowest BCUT2D eigenvalue weighted by molar-refractivity contribution is -0.390. The van der Waals surface area contributed by atoms with E-state index in [1.54, 1.807) is 30.5 Å². The molecule has 2 rings (SSSR count). The van der Waals surface area contributed by atoms with Crippen molar-refractivity contribution in [1.29, 1.82) is 0 Å². The third kappa shape index (κ3) is 2.51. The maximum Gasteiger partial charge on any atom is 0.407 e. The molecule has 0 atom stereocenters. The van der Waals surface area contributed by atoms with Gasteiger partial charge in [-0.15, -0.1) is 11.3 Å². The summed E-state index contributed by atoms with van der Waals surface area (Å²) in [7, 11) is 0. The minimum atomic E-state index is -0.677. The SMILES string of the molecule is Cc1ccc(OC(=O)c2cccs2)c([N+](=O)[O-])n1. The van der Waals surface area contributed by atoms with E-state index in [2.05, 4.69) is 4.98 Å². The predicted octanol–water partition coefficient (Wildman–Crippen LogP) is 2.58. The fraction of sp³-hybridized carbons (Fsp3) is 0.0909. The molecule has 7 heteroatoms. The molecule has 2 aromatic heterocycles. The monoisotopic (exact) mass is 264 g/mol. The Bertz CT molecular complexity index is 595. The van der Waals surface area contributed by atoms with Gasteiger partial charge in [-0.1, -0.05) is 6.07 Å². The molecule has 92 valence electrons. The number of carbonyl (C=O) groups excluding carboxylic acids is 1. The summed E-state index contributed by atoms with van der Waals surface area (Å²) in [5.74, 6) is -1.23. The Kier molecular flexibility index (Phi) is 3.33. The van der Waals surface area contributed by atoms with E-state index in [9.17, 15) is 14.9 Å². The number of hydrogen-bond donors (Lipinski definition) is 0. The number of hydrogen-bond acceptors (Lipinski definition) is 6. The van der Waals surface area contributed by atoms with Gasteiger partial charge in [0.15, 0.2) is 0 Å². The summed E-state index contributed by atoms with van der Waals surface area (Å²) in [4.78, 5) is 25.9. The Labute approximate surface area is 106 Å². The zero-order chi connectivity index (χ0) is 13.1. The standard InChI is InChI=1S/C11H8N2O4S/c1-7-4-5-8(10(12-7)13(15)16)17-11(14)9-3-2-6-18-9/h2-6H,1H3. The number of aryl methyl sites for hydroxylation is 1. The number of aromatic nitrogens is 1. The summed E-state index contributed by atoms with van der Waals surface area (Å²) in [5.41, 5.74) is 0.484. The van der Waals surface area contributed by atoms with E-state index in [4.69, 9.17) is 4.74 Å². The van der Waals surface area contributed by atoms with Gasteiger partial charge < -0.3 is 14.9 Å². The van der Waals surface area contributed by atoms with Gasteiger partial charge in [-0.05, 0) is 33.5 Å². The summed E-state index contributed by atoms with van der Waals surface area (Å²) < 4.78 is 4.97. The topological polar surface area (TPSA) is 82.3 Å². The van der Waals surface area contributed by atoms with Gasteiger partial charge in [-0.2, -0.15) is 0 Å². The first-order valence-electron chi connectivity index (χ1n) is 4.95. The summed E-state index contributed by atoms with van der Waals surface area (Å²) in [5, 5.41) is 12.5. The Morgan fingerprint density at radius 2 is 2.22 bits per heavy atom. The molecule has 0 aliphatic heterocycles. The molecule has 0 saturated heterocycles. The number of ether oxygens (including phenoxy) is 1. The van der Waals surface area contributed by atoms with Crippen molar-refractivity contribution in [3.8, 4) is 5.75 Å². The Balaban J connectivity index is 2.29. The zero-order valence-electron chi connectivity index (χ0n) is 9.32. The van der Waals surface area contributed by atoms with Crippen LogP contribution in [0.2, 0.25) is 0 Å². The number of esters is 1. The molecule has 0 N–H and O–H groups in total. The molecule has 0 aliphatic rings. The first-order valence-corrected chi connectivity index (χ1v) is 5.83. The molecule has 0 fully saturated rings. The number of carbonyl (C=O) groups is 1. The number of nitro groups is 1. The number of rotatable bonds is 3. The lowest BCUT2D eigenvalue weighted by atomic mass is 10.3. The summed E-state index contributed by atoms with van der Waals surface area (Å²) in [6.45, 7) is 1.62. The van der Waals surface area contributed by atoms with E-state index in [0.717, 1.165) is 0 Å². The molecule has 0 unspecified atom stereocenters. The molecule has 0 saturated carbocycles. The van der Waals surface area contributed by atoms with E-state index in [0.29, 0.717) is 10.6 Å². The van der Waals surface area contributed by atoms with Crippen LogP contribution in [0.25, 0.3) is 0 Å². The van der Waals surface area contributed by atoms with Gasteiger partial charge in [-0.25, -0.2) is 4.79 Å². The highest BCUT2D eigenvalue weighted by molar-refractivity contribution is 7.12. The Morgan fingerprint density at radius 1 is 1.44 bits per heavy atom. The second-order valence-electron chi connectivity index (χ2n) is 3.40. The van der Waals surface area contributed by atoms with Crippen molar-refractivity contribution in [2.75, 3.05) is 0 Å². The highest BCUT2D eigenvalue weighted by Crippen LogP contribution is 2.25. The minimum absolute atomic E-state index is 0.149. The van der Waals surface area contributed by atoms with Crippen LogP contribution in [-0.2, 0) is 0 Å². The van der Waals surface area contributed by atoms with Crippen LogP contribution in [0.3, 0.4) is 0 Å². The molecule has 0 bridgehead atoms. The summed E-state index contributed by atoms with van der Waals surface area (Å²) in [6, 6.07) is 6.19. The van der Waals surface area contributed by atoms with Crippen LogP contribution < -0.4 is 4.74 Å². The van der Waals surface area contributed by atoms with Crippen molar-refractivity contribution < 1.29 is 14.5 Å². The lowest BCUT2D eigenvalue weighted by Crippen LogP contribution is -2.09. The summed E-state index contributed by atoms with van der Waals surface area (Å²) in [6.07, 6.45) is 0. The Morgan fingerprint density at radius 3 is 2.83 bits per heavy atom. The average Bonchev–Trinajstić information content (AvgIpc) is 2.84. The van der Waals surface area contributed by atoms with Crippen LogP contribution in [0.5, 0.6) is 5.75 Å². The van der Waals surface area contributed by atoms with Crippen LogP contribution in [0, 0.1) is 17.0 Å². The van der Waals surface area contributed by atoms with Crippen LogP contribution >= 0.6 is 11.3 Å². The predicted molar refractivity (Wildman–Crippen MR) is 64.9 cm³/mol. The van der Waals surface area contributed by atoms with Crippen LogP contribution in [0.4, 0.5) is 5.82 Å². The maximum atomic E-state index is 11.7. The van der Waals surface area contributed by atoms with E-state index < -0.39 is 16.7 Å². The third-order valence-corrected chi connectivity index (χ3v) is 2.93. The van der Waals surface area contributed by atoms with E-state index in [1.165, 1.54) is 17.4 Å². The highest BCUT2D eigenvalue weighted by atomic mass is 32.1. The molecule has 0 aromatic carbocycles. The fourth-order valence-corrected chi connectivity index (χ4v) is 1.88. The van der Waals surface area contributed by atoms with E-state index in [-0.39, 0.29) is 5.75 Å². The van der Waals surface area contributed by atoms with Crippen LogP contribution in [0.15, 0.2) is 29.6 Å². The first kappa shape index (κ1) is 12.2. The van der Waals surface area contributed by atoms with Crippen molar-refractivity contribution in [3.63, 3.8) is 0 Å². The second kappa shape index (κ2) is 4.92. The molecular formula is C11H8N2O4S. The molecule has 0 radical (unpaired) electrons. The van der Waals surface area contributed by atoms with Crippen molar-refractivity contribution >= 4 is 23.1 Å². The summed E-state index contributed by atoms with van der Waals surface area (Å²) >= 11 is 1.20. The molecule has 18 heavy (non-hydrogen) atoms. The number of pyridine rings is 1. The molecule has 0 amide bonds. The molecule has 2 aromatic rings. The Hall–Kier alpha value is -2.28. The molecule has 2 heterocycles. The maximum absolute atomic E-state index is 11.7. The van der Waals surface area contributed by atoms with Gasteiger partial charge in [0.1, 0.15) is 10.6 Å². The molecule has 0 spiro atoms. The molecular weight excluding hydrogens is 256 g/mol. The highest BCUT2D eigenvalue weighted by Gasteiger charge is 2.21. The van der Waals surface area contributed by atoms with Gasteiger partial charge in [0.2, 0.25) is 5.75 Å². The van der Waals surface area contributed by atoms with Crippen LogP contribution in [0.1, 0.15) is 15.4 Å². The van der Waals surface area contributed by atoms with E-state index in [1.807, 2.05) is 0 Å². The van der Waals surface area contributed by atoms with Gasteiger partial charge in [-0.3, -0.25) is 0 Å². The van der Waals surface area contributed by atoms with Crippen molar-refractivity contribution in [1.82, 2.24) is 4.98 Å². The van der Waals surface area contributed by atoms with Crippen LogP contribution in [-0.4, -0.2) is 15.9 Å².